The molecular weight excluding hydrogens is 250 g/mol. The summed E-state index contributed by atoms with van der Waals surface area (Å²) >= 11 is 0. The van der Waals surface area contributed by atoms with Gasteiger partial charge in [-0.1, -0.05) is 13.8 Å². The first-order valence-corrected chi connectivity index (χ1v) is 8.35. The summed E-state index contributed by atoms with van der Waals surface area (Å²) in [7, 11) is 0. The molecule has 20 heavy (non-hydrogen) atoms. The molecule has 0 spiro atoms. The van der Waals surface area contributed by atoms with Gasteiger partial charge in [0, 0.05) is 25.4 Å². The van der Waals surface area contributed by atoms with Crippen molar-refractivity contribution in [1.29, 1.82) is 0 Å². The van der Waals surface area contributed by atoms with Crippen molar-refractivity contribution in [3.8, 4) is 0 Å². The highest BCUT2D eigenvalue weighted by molar-refractivity contribution is 5.82. The minimum atomic E-state index is -0.508. The molecule has 2 rings (SSSR count). The molecule has 0 amide bonds. The molecule has 1 heterocycles. The number of likely N-dealkylation sites (tertiary alicyclic amines) is 1. The molecule has 1 saturated heterocycles. The molecule has 0 radical (unpaired) electrons. The first kappa shape index (κ1) is 16.0. The third kappa shape index (κ3) is 4.29. The molecule has 0 aromatic carbocycles. The van der Waals surface area contributed by atoms with Gasteiger partial charge in [-0.3, -0.25) is 4.79 Å². The Morgan fingerprint density at radius 3 is 2.80 bits per heavy atom. The maximum atomic E-state index is 12.2. The van der Waals surface area contributed by atoms with Crippen LogP contribution < -0.4 is 0 Å². The minimum Gasteiger partial charge on any atom is -0.390 e. The van der Waals surface area contributed by atoms with Crippen molar-refractivity contribution in [2.24, 2.45) is 17.8 Å². The molecule has 2 fully saturated rings. The van der Waals surface area contributed by atoms with Gasteiger partial charge < -0.3 is 10.0 Å². The van der Waals surface area contributed by atoms with Crippen LogP contribution in [0, 0.1) is 17.8 Å². The van der Waals surface area contributed by atoms with Crippen LogP contribution in [0.2, 0.25) is 0 Å². The second-order valence-corrected chi connectivity index (χ2v) is 7.59. The van der Waals surface area contributed by atoms with E-state index in [2.05, 4.69) is 18.7 Å². The van der Waals surface area contributed by atoms with Crippen LogP contribution in [-0.4, -0.2) is 41.0 Å². The van der Waals surface area contributed by atoms with Gasteiger partial charge in [0.1, 0.15) is 5.78 Å². The zero-order valence-corrected chi connectivity index (χ0v) is 13.4. The Bertz CT molecular complexity index is 338. The average Bonchev–Trinajstić information content (AvgIpc) is 2.53. The van der Waals surface area contributed by atoms with Crippen LogP contribution in [0.4, 0.5) is 0 Å². The summed E-state index contributed by atoms with van der Waals surface area (Å²) in [5.74, 6) is 2.11. The van der Waals surface area contributed by atoms with E-state index in [4.69, 9.17) is 0 Å². The van der Waals surface area contributed by atoms with E-state index in [1.54, 1.807) is 0 Å². The van der Waals surface area contributed by atoms with Gasteiger partial charge >= 0.3 is 0 Å². The van der Waals surface area contributed by atoms with Crippen LogP contribution in [0.25, 0.3) is 0 Å². The monoisotopic (exact) mass is 281 g/mol. The van der Waals surface area contributed by atoms with E-state index in [1.165, 1.54) is 0 Å². The van der Waals surface area contributed by atoms with Crippen molar-refractivity contribution in [3.63, 3.8) is 0 Å². The predicted octanol–water partition coefficient (Wildman–Crippen LogP) is 2.86. The highest BCUT2D eigenvalue weighted by Crippen LogP contribution is 2.32. The van der Waals surface area contributed by atoms with Gasteiger partial charge in [-0.05, 0) is 57.4 Å². The van der Waals surface area contributed by atoms with Crippen LogP contribution in [-0.2, 0) is 4.79 Å². The van der Waals surface area contributed by atoms with Crippen LogP contribution in [0.3, 0.4) is 0 Å². The lowest BCUT2D eigenvalue weighted by Crippen LogP contribution is -2.38. The number of hydrogen-bond donors (Lipinski definition) is 1. The third-order valence-corrected chi connectivity index (χ3v) is 5.38. The fraction of sp³-hybridized carbons (Fsp3) is 0.941. The molecule has 1 aliphatic heterocycles. The maximum absolute atomic E-state index is 12.2. The first-order valence-electron chi connectivity index (χ1n) is 8.35. The largest absolute Gasteiger partial charge is 0.390 e. The molecule has 1 saturated carbocycles. The second kappa shape index (κ2) is 6.57. The molecule has 0 aromatic rings. The molecule has 0 bridgehead atoms. The van der Waals surface area contributed by atoms with Crippen LogP contribution in [0.5, 0.6) is 0 Å². The number of Topliss-reactive ketones (excluding diaryl/α,β-unsaturated/α-hetero) is 1. The molecular formula is C17H31NO2. The number of carbonyl (C=O) groups excluding carboxylic acids is 1. The normalized spacial score (nSPS) is 37.1. The molecule has 3 unspecified atom stereocenters. The van der Waals surface area contributed by atoms with E-state index in [-0.39, 0.29) is 5.92 Å². The number of carbonyl (C=O) groups is 1. The molecule has 0 aromatic heterocycles. The number of hydrogen-bond acceptors (Lipinski definition) is 3. The number of ketones is 1. The van der Waals surface area contributed by atoms with Gasteiger partial charge in [0.2, 0.25) is 0 Å². The Morgan fingerprint density at radius 1 is 1.35 bits per heavy atom. The van der Waals surface area contributed by atoms with E-state index in [0.717, 1.165) is 58.2 Å². The van der Waals surface area contributed by atoms with Gasteiger partial charge in [0.25, 0.3) is 0 Å². The highest BCUT2D eigenvalue weighted by Gasteiger charge is 2.32. The molecule has 3 atom stereocenters. The number of rotatable bonds is 3. The number of nitrogens with zero attached hydrogens (tertiary/aromatic N) is 1. The maximum Gasteiger partial charge on any atom is 0.137 e. The van der Waals surface area contributed by atoms with Crippen molar-refractivity contribution in [3.05, 3.63) is 0 Å². The van der Waals surface area contributed by atoms with E-state index in [9.17, 15) is 9.90 Å². The molecule has 1 N–H and O–H groups in total. The first-order chi connectivity index (χ1) is 9.37. The smallest absolute Gasteiger partial charge is 0.137 e. The van der Waals surface area contributed by atoms with Crippen molar-refractivity contribution in [2.75, 3.05) is 19.6 Å². The van der Waals surface area contributed by atoms with Crippen LogP contribution in [0.15, 0.2) is 0 Å². The molecule has 2 aliphatic rings. The Labute approximate surface area is 123 Å². The lowest BCUT2D eigenvalue weighted by atomic mass is 9.75. The Morgan fingerprint density at radius 2 is 2.10 bits per heavy atom. The SMILES string of the molecule is CC(C)C1CCC(=O)C(CN2CCCC(C)(O)CC2)C1. The summed E-state index contributed by atoms with van der Waals surface area (Å²) < 4.78 is 0. The summed E-state index contributed by atoms with van der Waals surface area (Å²) in [5, 5.41) is 10.2. The highest BCUT2D eigenvalue weighted by atomic mass is 16.3. The zero-order chi connectivity index (χ0) is 14.8. The van der Waals surface area contributed by atoms with Crippen molar-refractivity contribution in [2.45, 2.75) is 64.9 Å². The van der Waals surface area contributed by atoms with Crippen molar-refractivity contribution in [1.82, 2.24) is 4.90 Å². The summed E-state index contributed by atoms with van der Waals surface area (Å²) in [6.07, 6.45) is 5.70. The van der Waals surface area contributed by atoms with Gasteiger partial charge in [0.05, 0.1) is 5.60 Å². The molecule has 116 valence electrons. The van der Waals surface area contributed by atoms with E-state index >= 15 is 0 Å². The van der Waals surface area contributed by atoms with Crippen molar-refractivity contribution >= 4 is 5.78 Å². The van der Waals surface area contributed by atoms with Gasteiger partial charge in [-0.2, -0.15) is 0 Å². The lowest BCUT2D eigenvalue weighted by Gasteiger charge is -2.33. The summed E-state index contributed by atoms with van der Waals surface area (Å²) in [5.41, 5.74) is -0.508. The summed E-state index contributed by atoms with van der Waals surface area (Å²) in [6.45, 7) is 9.38. The molecule has 3 nitrogen and oxygen atoms in total. The molecule has 3 heteroatoms. The minimum absolute atomic E-state index is 0.235. The van der Waals surface area contributed by atoms with Crippen LogP contribution in [0.1, 0.15) is 59.3 Å². The topological polar surface area (TPSA) is 40.5 Å². The van der Waals surface area contributed by atoms with Crippen LogP contribution >= 0.6 is 0 Å². The quantitative estimate of drug-likeness (QED) is 0.865. The van der Waals surface area contributed by atoms with E-state index in [0.29, 0.717) is 17.6 Å². The lowest BCUT2D eigenvalue weighted by molar-refractivity contribution is -0.126. The number of aliphatic hydroxyl groups is 1. The average molecular weight is 281 g/mol. The van der Waals surface area contributed by atoms with Crippen molar-refractivity contribution < 1.29 is 9.90 Å². The Balaban J connectivity index is 1.89. The Hall–Kier alpha value is -0.410. The fourth-order valence-corrected chi connectivity index (χ4v) is 3.74. The third-order valence-electron chi connectivity index (χ3n) is 5.38. The van der Waals surface area contributed by atoms with Gasteiger partial charge in [0.15, 0.2) is 0 Å². The van der Waals surface area contributed by atoms with Gasteiger partial charge in [-0.15, -0.1) is 0 Å². The predicted molar refractivity (Wildman–Crippen MR) is 81.6 cm³/mol. The second-order valence-electron chi connectivity index (χ2n) is 7.59. The van der Waals surface area contributed by atoms with Gasteiger partial charge in [-0.25, -0.2) is 0 Å². The fourth-order valence-electron chi connectivity index (χ4n) is 3.74. The van der Waals surface area contributed by atoms with E-state index in [1.807, 2.05) is 6.92 Å². The standard InChI is InChI=1S/C17H31NO2/c1-13(2)14-5-6-16(19)15(11-14)12-18-9-4-7-17(3,20)8-10-18/h13-15,20H,4-12H2,1-3H3. The van der Waals surface area contributed by atoms with E-state index < -0.39 is 5.60 Å². The summed E-state index contributed by atoms with van der Waals surface area (Å²) in [6, 6.07) is 0. The summed E-state index contributed by atoms with van der Waals surface area (Å²) in [4.78, 5) is 14.6. The zero-order valence-electron chi connectivity index (χ0n) is 13.4. The molecule has 1 aliphatic carbocycles. The Kier molecular flexibility index (Phi) is 5.25.